The highest BCUT2D eigenvalue weighted by atomic mass is 79.9. The number of carbonyl (C=O) groups excluding carboxylic acids is 1. The minimum atomic E-state index is -0.0517. The zero-order valence-corrected chi connectivity index (χ0v) is 14.4. The first-order valence-corrected chi connectivity index (χ1v) is 8.45. The minimum absolute atomic E-state index is 0.0517. The van der Waals surface area contributed by atoms with Gasteiger partial charge in [0.2, 0.25) is 0 Å². The molecule has 2 rings (SSSR count). The van der Waals surface area contributed by atoms with Gasteiger partial charge in [-0.25, -0.2) is 0 Å². The lowest BCUT2D eigenvalue weighted by Crippen LogP contribution is -2.40. The van der Waals surface area contributed by atoms with Crippen LogP contribution in [0.2, 0.25) is 0 Å². The molecule has 0 bridgehead atoms. The predicted molar refractivity (Wildman–Crippen MR) is 88.3 cm³/mol. The number of halogens is 1. The summed E-state index contributed by atoms with van der Waals surface area (Å²) in [5.74, 6) is 1.52. The van der Waals surface area contributed by atoms with Crippen molar-refractivity contribution in [3.05, 3.63) is 28.5 Å². The lowest BCUT2D eigenvalue weighted by atomic mass is 9.92. The van der Waals surface area contributed by atoms with Crippen molar-refractivity contribution in [2.45, 2.75) is 26.7 Å². The summed E-state index contributed by atoms with van der Waals surface area (Å²) in [5.41, 5.74) is 0.601. The second-order valence-electron chi connectivity index (χ2n) is 6.21. The molecule has 4 nitrogen and oxygen atoms in total. The second-order valence-corrected chi connectivity index (χ2v) is 7.12. The van der Waals surface area contributed by atoms with Crippen LogP contribution in [0.1, 0.15) is 37.0 Å². The Morgan fingerprint density at radius 1 is 1.38 bits per heavy atom. The maximum absolute atomic E-state index is 12.0. The Morgan fingerprint density at radius 2 is 2.10 bits per heavy atom. The van der Waals surface area contributed by atoms with Crippen molar-refractivity contribution < 1.29 is 4.79 Å². The second kappa shape index (κ2) is 7.90. The van der Waals surface area contributed by atoms with Gasteiger partial charge < -0.3 is 10.2 Å². The number of hydrogen-bond donors (Lipinski definition) is 1. The van der Waals surface area contributed by atoms with Crippen LogP contribution in [0, 0.1) is 11.8 Å². The van der Waals surface area contributed by atoms with Crippen LogP contribution in [0.4, 0.5) is 0 Å². The number of hydrogen-bond acceptors (Lipinski definition) is 3. The summed E-state index contributed by atoms with van der Waals surface area (Å²) in [6, 6.07) is 1.79. The number of nitrogens with one attached hydrogen (secondary N) is 1. The molecule has 5 heteroatoms. The van der Waals surface area contributed by atoms with E-state index in [1.165, 1.54) is 19.5 Å². The van der Waals surface area contributed by atoms with E-state index in [9.17, 15) is 4.79 Å². The Bertz CT molecular complexity index is 470. The zero-order chi connectivity index (χ0) is 15.2. The van der Waals surface area contributed by atoms with Crippen molar-refractivity contribution in [3.63, 3.8) is 0 Å². The average Bonchev–Trinajstić information content (AvgIpc) is 2.42. The molecule has 1 aromatic rings. The molecule has 1 aromatic heterocycles. The third kappa shape index (κ3) is 5.40. The van der Waals surface area contributed by atoms with Gasteiger partial charge in [-0.15, -0.1) is 0 Å². The molecule has 0 spiro atoms. The third-order valence-electron chi connectivity index (χ3n) is 3.85. The van der Waals surface area contributed by atoms with Crippen molar-refractivity contribution in [1.29, 1.82) is 0 Å². The quantitative estimate of drug-likeness (QED) is 0.827. The monoisotopic (exact) mass is 353 g/mol. The average molecular weight is 354 g/mol. The van der Waals surface area contributed by atoms with Gasteiger partial charge in [-0.3, -0.25) is 9.78 Å². The minimum Gasteiger partial charge on any atom is -0.352 e. The summed E-state index contributed by atoms with van der Waals surface area (Å²) in [7, 11) is 0. The molecule has 1 N–H and O–H groups in total. The molecule has 116 valence electrons. The standard InChI is InChI=1S/C16H24BrN3O/c1-12-6-13(2)11-20(10-12)5-3-4-19-16(21)14-7-15(17)9-18-8-14/h7-9,12-13H,3-6,10-11H2,1-2H3,(H,19,21). The summed E-state index contributed by atoms with van der Waals surface area (Å²) < 4.78 is 0.825. The molecule has 2 heterocycles. The number of nitrogens with zero attached hydrogens (tertiary/aromatic N) is 2. The molecule has 1 fully saturated rings. The number of piperidine rings is 1. The number of rotatable bonds is 5. The molecule has 0 aromatic carbocycles. The first-order chi connectivity index (χ1) is 10.0. The van der Waals surface area contributed by atoms with Crippen LogP contribution in [-0.4, -0.2) is 42.0 Å². The Balaban J connectivity index is 1.69. The molecule has 0 saturated carbocycles. The number of likely N-dealkylation sites (tertiary alicyclic amines) is 1. The molecule has 1 aliphatic rings. The van der Waals surface area contributed by atoms with E-state index < -0.39 is 0 Å². The molecule has 0 aliphatic carbocycles. The Kier molecular flexibility index (Phi) is 6.18. The maximum Gasteiger partial charge on any atom is 0.252 e. The molecule has 2 atom stereocenters. The van der Waals surface area contributed by atoms with E-state index in [0.29, 0.717) is 12.1 Å². The van der Waals surface area contributed by atoms with Gasteiger partial charge in [-0.05, 0) is 53.2 Å². The highest BCUT2D eigenvalue weighted by Crippen LogP contribution is 2.20. The summed E-state index contributed by atoms with van der Waals surface area (Å²) in [4.78, 5) is 18.5. The highest BCUT2D eigenvalue weighted by Gasteiger charge is 2.21. The van der Waals surface area contributed by atoms with Gasteiger partial charge in [-0.1, -0.05) is 13.8 Å². The van der Waals surface area contributed by atoms with E-state index >= 15 is 0 Å². The number of aromatic nitrogens is 1. The smallest absolute Gasteiger partial charge is 0.252 e. The lowest BCUT2D eigenvalue weighted by molar-refractivity contribution is 0.0947. The van der Waals surface area contributed by atoms with Crippen LogP contribution >= 0.6 is 15.9 Å². The van der Waals surface area contributed by atoms with Crippen LogP contribution in [0.3, 0.4) is 0 Å². The van der Waals surface area contributed by atoms with Gasteiger partial charge in [0, 0.05) is 36.5 Å². The van der Waals surface area contributed by atoms with Crippen molar-refractivity contribution in [2.75, 3.05) is 26.2 Å². The third-order valence-corrected chi connectivity index (χ3v) is 4.28. The van der Waals surface area contributed by atoms with Gasteiger partial charge >= 0.3 is 0 Å². The molecular weight excluding hydrogens is 330 g/mol. The molecule has 1 aliphatic heterocycles. The summed E-state index contributed by atoms with van der Waals surface area (Å²) in [6.45, 7) is 8.80. The fourth-order valence-corrected chi connectivity index (χ4v) is 3.48. The van der Waals surface area contributed by atoms with Crippen LogP contribution in [0.25, 0.3) is 0 Å². The summed E-state index contributed by atoms with van der Waals surface area (Å²) >= 11 is 3.33. The van der Waals surface area contributed by atoms with Gasteiger partial charge in [0.1, 0.15) is 0 Å². The summed E-state index contributed by atoms with van der Waals surface area (Å²) in [6.07, 6.45) is 5.60. The Morgan fingerprint density at radius 3 is 2.76 bits per heavy atom. The normalized spacial score (nSPS) is 23.0. The first-order valence-electron chi connectivity index (χ1n) is 7.65. The Labute approximate surface area is 135 Å². The number of pyridine rings is 1. The van der Waals surface area contributed by atoms with E-state index in [1.807, 2.05) is 0 Å². The van der Waals surface area contributed by atoms with Crippen molar-refractivity contribution >= 4 is 21.8 Å². The molecule has 0 radical (unpaired) electrons. The van der Waals surface area contributed by atoms with Gasteiger partial charge in [0.25, 0.3) is 5.91 Å². The molecule has 1 amide bonds. The highest BCUT2D eigenvalue weighted by molar-refractivity contribution is 9.10. The van der Waals surface area contributed by atoms with Crippen LogP contribution in [0.15, 0.2) is 22.9 Å². The lowest BCUT2D eigenvalue weighted by Gasteiger charge is -2.34. The van der Waals surface area contributed by atoms with Gasteiger partial charge in [0.15, 0.2) is 0 Å². The van der Waals surface area contributed by atoms with Crippen molar-refractivity contribution in [3.8, 4) is 0 Å². The van der Waals surface area contributed by atoms with Crippen LogP contribution in [0.5, 0.6) is 0 Å². The molecule has 2 unspecified atom stereocenters. The van der Waals surface area contributed by atoms with Crippen molar-refractivity contribution in [1.82, 2.24) is 15.2 Å². The predicted octanol–water partition coefficient (Wildman–Crippen LogP) is 2.94. The zero-order valence-electron chi connectivity index (χ0n) is 12.8. The van der Waals surface area contributed by atoms with Crippen LogP contribution < -0.4 is 5.32 Å². The molecule has 1 saturated heterocycles. The van der Waals surface area contributed by atoms with E-state index in [-0.39, 0.29) is 5.91 Å². The van der Waals surface area contributed by atoms with E-state index in [1.54, 1.807) is 18.5 Å². The largest absolute Gasteiger partial charge is 0.352 e. The fourth-order valence-electron chi connectivity index (χ4n) is 3.12. The number of amides is 1. The van der Waals surface area contributed by atoms with E-state index in [4.69, 9.17) is 0 Å². The van der Waals surface area contributed by atoms with Crippen molar-refractivity contribution in [2.24, 2.45) is 11.8 Å². The van der Waals surface area contributed by atoms with E-state index in [0.717, 1.165) is 29.3 Å². The molecule has 21 heavy (non-hydrogen) atoms. The molecular formula is C16H24BrN3O. The maximum atomic E-state index is 12.0. The first kappa shape index (κ1) is 16.4. The summed E-state index contributed by atoms with van der Waals surface area (Å²) in [5, 5.41) is 2.96. The number of carbonyl (C=O) groups is 1. The van der Waals surface area contributed by atoms with Crippen LogP contribution in [-0.2, 0) is 0 Å². The van der Waals surface area contributed by atoms with Gasteiger partial charge in [0.05, 0.1) is 5.56 Å². The fraction of sp³-hybridized carbons (Fsp3) is 0.625. The SMILES string of the molecule is CC1CC(C)CN(CCCNC(=O)c2cncc(Br)c2)C1. The van der Waals surface area contributed by atoms with E-state index in [2.05, 4.69) is 45.0 Å². The van der Waals surface area contributed by atoms with Gasteiger partial charge in [-0.2, -0.15) is 0 Å². The topological polar surface area (TPSA) is 45.2 Å². The Hall–Kier alpha value is -0.940.